The second-order valence-electron chi connectivity index (χ2n) is 16.2. The summed E-state index contributed by atoms with van der Waals surface area (Å²) in [5.41, 5.74) is 17.2. The van der Waals surface area contributed by atoms with Crippen LogP contribution in [0.1, 0.15) is 22.3 Å². The summed E-state index contributed by atoms with van der Waals surface area (Å²) in [6.45, 7) is 0. The Morgan fingerprint density at radius 1 is 0.290 bits per heavy atom. The summed E-state index contributed by atoms with van der Waals surface area (Å²) < 4.78 is 2.57. The Bertz CT molecular complexity index is 3560. The standard InChI is InChI=1S/C58H35N3S/c1-2-17-36(18-3-1)55-59-56(44-24-6-4-19-38(44)37-33-34-53-47(35-37)42-23-11-15-32-52(42)62-53)61-57(60-55)45-25-7-5-20-39(45)43-27-16-31-51-54(43)46-26-10-14-30-50(46)58(51)48-28-12-8-21-40(48)41-22-9-13-29-49(41)58/h1-35H. The number of aromatic nitrogens is 3. The van der Waals surface area contributed by atoms with Crippen molar-refractivity contribution in [1.82, 2.24) is 15.0 Å². The minimum absolute atomic E-state index is 0.438. The van der Waals surface area contributed by atoms with E-state index in [0.29, 0.717) is 17.5 Å². The highest BCUT2D eigenvalue weighted by Gasteiger charge is 2.52. The van der Waals surface area contributed by atoms with Crippen LogP contribution in [0.15, 0.2) is 212 Å². The fraction of sp³-hybridized carbons (Fsp3) is 0.0172. The largest absolute Gasteiger partial charge is 0.208 e. The van der Waals surface area contributed by atoms with E-state index in [0.717, 1.165) is 38.9 Å². The van der Waals surface area contributed by atoms with E-state index >= 15 is 0 Å². The highest BCUT2D eigenvalue weighted by atomic mass is 32.1. The predicted octanol–water partition coefficient (Wildman–Crippen LogP) is 14.9. The monoisotopic (exact) mass is 805 g/mol. The summed E-state index contributed by atoms with van der Waals surface area (Å²) in [6, 6.07) is 76.7. The van der Waals surface area contributed by atoms with Gasteiger partial charge in [-0.3, -0.25) is 0 Å². The lowest BCUT2D eigenvalue weighted by Gasteiger charge is -2.30. The number of fused-ring (bicyclic) bond motifs is 13. The summed E-state index contributed by atoms with van der Waals surface area (Å²) in [7, 11) is 0. The van der Waals surface area contributed by atoms with Crippen molar-refractivity contribution in [3.8, 4) is 78.7 Å². The Balaban J connectivity index is 1.03. The van der Waals surface area contributed by atoms with E-state index < -0.39 is 5.41 Å². The first-order valence-corrected chi connectivity index (χ1v) is 21.9. The van der Waals surface area contributed by atoms with Crippen molar-refractivity contribution in [2.24, 2.45) is 0 Å². The summed E-state index contributed by atoms with van der Waals surface area (Å²) in [6.07, 6.45) is 0. The highest BCUT2D eigenvalue weighted by molar-refractivity contribution is 7.25. The van der Waals surface area contributed by atoms with Crippen molar-refractivity contribution < 1.29 is 0 Å². The first-order chi connectivity index (χ1) is 30.8. The molecule has 1 spiro atoms. The van der Waals surface area contributed by atoms with Gasteiger partial charge in [0.15, 0.2) is 17.5 Å². The van der Waals surface area contributed by atoms with Crippen LogP contribution in [-0.4, -0.2) is 15.0 Å². The quantitative estimate of drug-likeness (QED) is 0.174. The third-order valence-corrected chi connectivity index (χ3v) is 14.2. The normalized spacial score (nSPS) is 13.0. The predicted molar refractivity (Wildman–Crippen MR) is 256 cm³/mol. The van der Waals surface area contributed by atoms with Crippen LogP contribution in [0.5, 0.6) is 0 Å². The van der Waals surface area contributed by atoms with Gasteiger partial charge >= 0.3 is 0 Å². The van der Waals surface area contributed by atoms with E-state index in [1.165, 1.54) is 64.7 Å². The Morgan fingerprint density at radius 2 is 0.774 bits per heavy atom. The molecule has 2 aromatic heterocycles. The third-order valence-electron chi connectivity index (χ3n) is 13.0. The lowest BCUT2D eigenvalue weighted by Crippen LogP contribution is -2.25. The molecular weight excluding hydrogens is 771 g/mol. The number of benzene rings is 9. The van der Waals surface area contributed by atoms with Crippen LogP contribution in [0.25, 0.3) is 98.8 Å². The second-order valence-corrected chi connectivity index (χ2v) is 17.3. The van der Waals surface area contributed by atoms with E-state index in [1.54, 1.807) is 0 Å². The topological polar surface area (TPSA) is 38.7 Å². The van der Waals surface area contributed by atoms with E-state index in [1.807, 2.05) is 29.5 Å². The molecule has 2 aliphatic rings. The second kappa shape index (κ2) is 13.6. The van der Waals surface area contributed by atoms with Gasteiger partial charge in [-0.2, -0.15) is 0 Å². The van der Waals surface area contributed by atoms with Gasteiger partial charge in [-0.25, -0.2) is 15.0 Å². The molecule has 3 nitrogen and oxygen atoms in total. The fourth-order valence-corrected chi connectivity index (χ4v) is 11.5. The van der Waals surface area contributed by atoms with Crippen LogP contribution < -0.4 is 0 Å². The minimum atomic E-state index is -0.438. The van der Waals surface area contributed by atoms with Gasteiger partial charge in [0.1, 0.15) is 0 Å². The SMILES string of the molecule is c1ccc(-c2nc(-c3ccccc3-c3ccc4sc5ccccc5c4c3)nc(-c3ccccc3-c3cccc4c3-c3ccccc3C43c4ccccc4-c4ccccc43)n2)cc1. The molecule has 0 fully saturated rings. The van der Waals surface area contributed by atoms with Crippen molar-refractivity contribution in [3.63, 3.8) is 0 Å². The van der Waals surface area contributed by atoms with Gasteiger partial charge in [0, 0.05) is 36.9 Å². The molecule has 0 aliphatic heterocycles. The van der Waals surface area contributed by atoms with Crippen LogP contribution in [0.3, 0.4) is 0 Å². The molecule has 288 valence electrons. The Hall–Kier alpha value is -7.79. The molecule has 0 atom stereocenters. The zero-order valence-corrected chi connectivity index (χ0v) is 34.3. The number of hydrogen-bond donors (Lipinski definition) is 0. The van der Waals surface area contributed by atoms with Gasteiger partial charge in [0.05, 0.1) is 5.41 Å². The molecular formula is C58H35N3S. The summed E-state index contributed by atoms with van der Waals surface area (Å²) >= 11 is 1.83. The number of rotatable bonds is 5. The molecule has 0 radical (unpaired) electrons. The van der Waals surface area contributed by atoms with Crippen molar-refractivity contribution in [1.29, 1.82) is 0 Å². The average molecular weight is 806 g/mol. The molecule has 4 heteroatoms. The van der Waals surface area contributed by atoms with Crippen LogP contribution in [0.2, 0.25) is 0 Å². The van der Waals surface area contributed by atoms with Gasteiger partial charge in [-0.1, -0.05) is 194 Å². The molecule has 62 heavy (non-hydrogen) atoms. The fourth-order valence-electron chi connectivity index (χ4n) is 10.4. The molecule has 0 amide bonds. The maximum atomic E-state index is 5.42. The van der Waals surface area contributed by atoms with Crippen LogP contribution in [-0.2, 0) is 5.41 Å². The maximum Gasteiger partial charge on any atom is 0.164 e. The number of thiophene rings is 1. The van der Waals surface area contributed by atoms with E-state index in [9.17, 15) is 0 Å². The molecule has 0 bridgehead atoms. The van der Waals surface area contributed by atoms with Gasteiger partial charge in [-0.15, -0.1) is 11.3 Å². The van der Waals surface area contributed by atoms with Gasteiger partial charge in [0.25, 0.3) is 0 Å². The van der Waals surface area contributed by atoms with Crippen LogP contribution in [0, 0.1) is 0 Å². The highest BCUT2D eigenvalue weighted by Crippen LogP contribution is 2.64. The number of nitrogens with zero attached hydrogens (tertiary/aromatic N) is 3. The smallest absolute Gasteiger partial charge is 0.164 e. The van der Waals surface area contributed by atoms with Gasteiger partial charge in [0.2, 0.25) is 0 Å². The number of hydrogen-bond acceptors (Lipinski definition) is 4. The maximum absolute atomic E-state index is 5.42. The van der Waals surface area contributed by atoms with Gasteiger partial charge < -0.3 is 0 Å². The lowest BCUT2D eigenvalue weighted by atomic mass is 9.70. The summed E-state index contributed by atoms with van der Waals surface area (Å²) in [4.78, 5) is 16.0. The first kappa shape index (κ1) is 35.0. The molecule has 0 N–H and O–H groups in total. The molecule has 2 heterocycles. The average Bonchev–Trinajstić information content (AvgIpc) is 3.98. The van der Waals surface area contributed by atoms with Crippen molar-refractivity contribution in [3.05, 3.63) is 235 Å². The molecule has 0 unspecified atom stereocenters. The van der Waals surface area contributed by atoms with Gasteiger partial charge in [-0.05, 0) is 85.0 Å². The molecule has 11 aromatic rings. The summed E-state index contributed by atoms with van der Waals surface area (Å²) in [5, 5.41) is 2.54. The Kier molecular flexibility index (Phi) is 7.69. The van der Waals surface area contributed by atoms with E-state index in [2.05, 4.69) is 194 Å². The van der Waals surface area contributed by atoms with Crippen molar-refractivity contribution in [2.45, 2.75) is 5.41 Å². The van der Waals surface area contributed by atoms with Crippen molar-refractivity contribution >= 4 is 31.5 Å². The molecule has 9 aromatic carbocycles. The van der Waals surface area contributed by atoms with E-state index in [-0.39, 0.29) is 0 Å². The minimum Gasteiger partial charge on any atom is -0.208 e. The zero-order valence-electron chi connectivity index (χ0n) is 33.5. The van der Waals surface area contributed by atoms with Crippen LogP contribution >= 0.6 is 11.3 Å². The van der Waals surface area contributed by atoms with Crippen molar-refractivity contribution in [2.75, 3.05) is 0 Å². The van der Waals surface area contributed by atoms with E-state index in [4.69, 9.17) is 15.0 Å². The zero-order chi connectivity index (χ0) is 40.8. The molecule has 2 aliphatic carbocycles. The van der Waals surface area contributed by atoms with Crippen LogP contribution in [0.4, 0.5) is 0 Å². The molecule has 0 saturated carbocycles. The molecule has 0 saturated heterocycles. The lowest BCUT2D eigenvalue weighted by molar-refractivity contribution is 0.794. The first-order valence-electron chi connectivity index (χ1n) is 21.1. The third kappa shape index (κ3) is 5.02. The Morgan fingerprint density at radius 3 is 1.48 bits per heavy atom. The molecule has 13 rings (SSSR count). The Labute approximate surface area is 363 Å². The summed E-state index contributed by atoms with van der Waals surface area (Å²) in [5.74, 6) is 1.90.